The van der Waals surface area contributed by atoms with Gasteiger partial charge in [-0.05, 0) is 58.3 Å². The van der Waals surface area contributed by atoms with E-state index in [0.717, 1.165) is 42.8 Å². The highest BCUT2D eigenvalue weighted by Gasteiger charge is 2.51. The molecule has 1 aromatic carbocycles. The zero-order chi connectivity index (χ0) is 16.0. The van der Waals surface area contributed by atoms with Crippen molar-refractivity contribution in [3.05, 3.63) is 36.4 Å². The fourth-order valence-electron chi connectivity index (χ4n) is 3.49. The number of anilines is 1. The Morgan fingerprint density at radius 3 is 2.55 bits per heavy atom. The smallest absolute Gasteiger partial charge is 0.415 e. The lowest BCUT2D eigenvalue weighted by Gasteiger charge is -2.42. The van der Waals surface area contributed by atoms with Crippen LogP contribution in [0.3, 0.4) is 0 Å². The number of piperidine rings is 1. The standard InChI is InChI=1S/C18H24N2O2/c1-13-14-7-5-6-8-15(14)20(16(21)22-17(2,3)4)18(13)9-11-19-12-10-18/h5-8,19H,1,9-12H2,2-4H3. The Hall–Kier alpha value is -1.81. The van der Waals surface area contributed by atoms with Gasteiger partial charge >= 0.3 is 6.09 Å². The number of nitrogens with one attached hydrogen (secondary N) is 1. The molecule has 4 heteroatoms. The van der Waals surface area contributed by atoms with Gasteiger partial charge in [-0.2, -0.15) is 0 Å². The second kappa shape index (κ2) is 5.13. The second-order valence-corrected chi connectivity index (χ2v) is 7.09. The lowest BCUT2D eigenvalue weighted by molar-refractivity contribution is 0.0546. The number of fused-ring (bicyclic) bond motifs is 1. The second-order valence-electron chi connectivity index (χ2n) is 7.09. The molecule has 4 nitrogen and oxygen atoms in total. The molecule has 1 aromatic rings. The maximum Gasteiger partial charge on any atom is 0.415 e. The van der Waals surface area contributed by atoms with Crippen molar-refractivity contribution < 1.29 is 9.53 Å². The van der Waals surface area contributed by atoms with Crippen LogP contribution in [0.5, 0.6) is 0 Å². The number of carbonyl (C=O) groups is 1. The third kappa shape index (κ3) is 2.31. The summed E-state index contributed by atoms with van der Waals surface area (Å²) >= 11 is 0. The summed E-state index contributed by atoms with van der Waals surface area (Å²) in [6.45, 7) is 11.8. The summed E-state index contributed by atoms with van der Waals surface area (Å²) in [4.78, 5) is 14.7. The Morgan fingerprint density at radius 2 is 1.91 bits per heavy atom. The van der Waals surface area contributed by atoms with Gasteiger partial charge in [0.15, 0.2) is 0 Å². The first kappa shape index (κ1) is 15.1. The molecule has 2 aliphatic heterocycles. The Bertz CT molecular complexity index is 610. The van der Waals surface area contributed by atoms with E-state index >= 15 is 0 Å². The molecular weight excluding hydrogens is 276 g/mol. The van der Waals surface area contributed by atoms with Gasteiger partial charge in [0.1, 0.15) is 5.60 Å². The predicted molar refractivity (Wildman–Crippen MR) is 89.0 cm³/mol. The van der Waals surface area contributed by atoms with Crippen LogP contribution in [0.1, 0.15) is 39.2 Å². The minimum Gasteiger partial charge on any atom is -0.443 e. The third-order valence-electron chi connectivity index (χ3n) is 4.47. The normalized spacial score (nSPS) is 20.1. The van der Waals surface area contributed by atoms with Crippen molar-refractivity contribution in [2.45, 2.75) is 44.8 Å². The molecule has 1 amide bonds. The number of para-hydroxylation sites is 1. The van der Waals surface area contributed by atoms with Gasteiger partial charge in [0.05, 0.1) is 11.2 Å². The average Bonchev–Trinajstić information content (AvgIpc) is 2.68. The molecule has 1 saturated heterocycles. The predicted octanol–water partition coefficient (Wildman–Crippen LogP) is 3.58. The number of carbonyl (C=O) groups excluding carboxylic acids is 1. The molecule has 0 aliphatic carbocycles. The zero-order valence-electron chi connectivity index (χ0n) is 13.6. The maximum atomic E-state index is 12.9. The van der Waals surface area contributed by atoms with Gasteiger partial charge in [-0.15, -0.1) is 0 Å². The summed E-state index contributed by atoms with van der Waals surface area (Å²) in [5.74, 6) is 0. The number of benzene rings is 1. The molecule has 0 saturated carbocycles. The van der Waals surface area contributed by atoms with E-state index in [1.54, 1.807) is 0 Å². The number of ether oxygens (including phenoxy) is 1. The first-order valence-electron chi connectivity index (χ1n) is 7.88. The van der Waals surface area contributed by atoms with Gasteiger partial charge in [-0.25, -0.2) is 4.79 Å². The molecule has 1 spiro atoms. The van der Waals surface area contributed by atoms with Crippen LogP contribution in [0, 0.1) is 0 Å². The van der Waals surface area contributed by atoms with Crippen molar-refractivity contribution in [3.63, 3.8) is 0 Å². The molecule has 0 radical (unpaired) electrons. The molecule has 22 heavy (non-hydrogen) atoms. The number of rotatable bonds is 0. The van der Waals surface area contributed by atoms with E-state index in [-0.39, 0.29) is 11.6 Å². The van der Waals surface area contributed by atoms with Crippen molar-refractivity contribution in [2.75, 3.05) is 18.0 Å². The van der Waals surface area contributed by atoms with Crippen LogP contribution in [-0.4, -0.2) is 30.3 Å². The van der Waals surface area contributed by atoms with Crippen LogP contribution in [0.2, 0.25) is 0 Å². The molecule has 1 N–H and O–H groups in total. The summed E-state index contributed by atoms with van der Waals surface area (Å²) in [7, 11) is 0. The number of nitrogens with zero attached hydrogens (tertiary/aromatic N) is 1. The Kier molecular flexibility index (Phi) is 3.52. The highest BCUT2D eigenvalue weighted by Crippen LogP contribution is 2.50. The van der Waals surface area contributed by atoms with Crippen LogP contribution in [0.4, 0.5) is 10.5 Å². The highest BCUT2D eigenvalue weighted by atomic mass is 16.6. The van der Waals surface area contributed by atoms with Gasteiger partial charge in [0.2, 0.25) is 0 Å². The summed E-state index contributed by atoms with van der Waals surface area (Å²) in [5, 5.41) is 3.37. The largest absolute Gasteiger partial charge is 0.443 e. The molecule has 0 unspecified atom stereocenters. The first-order chi connectivity index (χ1) is 10.4. The van der Waals surface area contributed by atoms with E-state index in [9.17, 15) is 4.79 Å². The zero-order valence-corrected chi connectivity index (χ0v) is 13.6. The van der Waals surface area contributed by atoms with Crippen molar-refractivity contribution in [3.8, 4) is 0 Å². The first-order valence-corrected chi connectivity index (χ1v) is 7.88. The SMILES string of the molecule is C=C1c2ccccc2N(C(=O)OC(C)(C)C)C12CCNCC2. The highest BCUT2D eigenvalue weighted by molar-refractivity contribution is 6.03. The molecule has 3 rings (SSSR count). The third-order valence-corrected chi connectivity index (χ3v) is 4.47. The van der Waals surface area contributed by atoms with Crippen molar-refractivity contribution in [1.29, 1.82) is 0 Å². The van der Waals surface area contributed by atoms with E-state index in [4.69, 9.17) is 4.74 Å². The molecule has 1 fully saturated rings. The fraction of sp³-hybridized carbons (Fsp3) is 0.500. The lowest BCUT2D eigenvalue weighted by Crippen LogP contribution is -2.55. The maximum absolute atomic E-state index is 12.9. The molecular formula is C18H24N2O2. The van der Waals surface area contributed by atoms with E-state index < -0.39 is 5.60 Å². The molecule has 118 valence electrons. The van der Waals surface area contributed by atoms with Crippen LogP contribution in [0.25, 0.3) is 5.57 Å². The minimum absolute atomic E-state index is 0.277. The van der Waals surface area contributed by atoms with Crippen molar-refractivity contribution in [1.82, 2.24) is 5.32 Å². The average molecular weight is 300 g/mol. The number of hydrogen-bond acceptors (Lipinski definition) is 3. The van der Waals surface area contributed by atoms with Gasteiger partial charge in [0.25, 0.3) is 0 Å². The van der Waals surface area contributed by atoms with Crippen molar-refractivity contribution >= 4 is 17.4 Å². The molecule has 2 heterocycles. The number of amides is 1. The molecule has 0 bridgehead atoms. The monoisotopic (exact) mass is 300 g/mol. The summed E-state index contributed by atoms with van der Waals surface area (Å²) < 4.78 is 5.68. The molecule has 0 aromatic heterocycles. The quantitative estimate of drug-likeness (QED) is 0.796. The minimum atomic E-state index is -0.510. The molecule has 0 atom stereocenters. The van der Waals surface area contributed by atoms with Gasteiger partial charge < -0.3 is 10.1 Å². The summed E-state index contributed by atoms with van der Waals surface area (Å²) in [6, 6.07) is 7.99. The van der Waals surface area contributed by atoms with Crippen LogP contribution >= 0.6 is 0 Å². The van der Waals surface area contributed by atoms with E-state index in [0.29, 0.717) is 0 Å². The van der Waals surface area contributed by atoms with E-state index in [1.165, 1.54) is 0 Å². The number of hydrogen-bond donors (Lipinski definition) is 1. The van der Waals surface area contributed by atoms with E-state index in [1.807, 2.05) is 49.9 Å². The van der Waals surface area contributed by atoms with Gasteiger partial charge in [-0.1, -0.05) is 24.8 Å². The van der Waals surface area contributed by atoms with E-state index in [2.05, 4.69) is 11.9 Å². The van der Waals surface area contributed by atoms with Crippen LogP contribution in [0.15, 0.2) is 30.8 Å². The molecule has 2 aliphatic rings. The van der Waals surface area contributed by atoms with Crippen molar-refractivity contribution in [2.24, 2.45) is 0 Å². The van der Waals surface area contributed by atoms with Gasteiger partial charge in [-0.3, -0.25) is 4.90 Å². The fourth-order valence-corrected chi connectivity index (χ4v) is 3.49. The topological polar surface area (TPSA) is 41.6 Å². The Morgan fingerprint density at radius 1 is 1.27 bits per heavy atom. The van der Waals surface area contributed by atoms with Crippen LogP contribution in [-0.2, 0) is 4.74 Å². The van der Waals surface area contributed by atoms with Gasteiger partial charge in [0, 0.05) is 5.56 Å². The Labute approximate surface area is 132 Å². The van der Waals surface area contributed by atoms with Crippen LogP contribution < -0.4 is 10.2 Å². The Balaban J connectivity index is 2.06. The summed E-state index contributed by atoms with van der Waals surface area (Å²) in [6.07, 6.45) is 1.44. The summed E-state index contributed by atoms with van der Waals surface area (Å²) in [5.41, 5.74) is 2.16. The lowest BCUT2D eigenvalue weighted by atomic mass is 9.81.